The number of unbranched alkanes of at least 4 members (excludes halogenated alkanes) is 1. The highest BCUT2D eigenvalue weighted by Crippen LogP contribution is 2.22. The van der Waals surface area contributed by atoms with Gasteiger partial charge in [-0.3, -0.25) is 0 Å². The van der Waals surface area contributed by atoms with Crippen molar-refractivity contribution in [2.45, 2.75) is 25.2 Å². The minimum Gasteiger partial charge on any atom is -0.478 e. The van der Waals surface area contributed by atoms with Gasteiger partial charge in [-0.25, -0.2) is 13.6 Å². The fourth-order valence-corrected chi connectivity index (χ4v) is 1.07. The number of hydrogen-bond acceptors (Lipinski definition) is 2. The average Bonchev–Trinajstić information content (AvgIpc) is 2.09. The second-order valence-corrected chi connectivity index (χ2v) is 3.69. The van der Waals surface area contributed by atoms with Crippen LogP contribution in [0.3, 0.4) is 0 Å². The van der Waals surface area contributed by atoms with Crippen molar-refractivity contribution < 1.29 is 18.7 Å². The van der Waals surface area contributed by atoms with Crippen molar-refractivity contribution in [3.05, 3.63) is 12.2 Å². The zero-order valence-electron chi connectivity index (χ0n) is 9.04. The molecule has 0 amide bonds. The molecule has 0 aromatic carbocycles. The number of alkyl halides is 2. The summed E-state index contributed by atoms with van der Waals surface area (Å²) >= 11 is 0. The number of allylic oxidation sites excluding steroid dienone is 1. The molecule has 0 heterocycles. The summed E-state index contributed by atoms with van der Waals surface area (Å²) < 4.78 is 25.9. The topological polar surface area (TPSA) is 40.5 Å². The second kappa shape index (κ2) is 6.50. The Balaban J connectivity index is 3.78. The van der Waals surface area contributed by atoms with E-state index in [1.807, 2.05) is 19.0 Å². The summed E-state index contributed by atoms with van der Waals surface area (Å²) in [7, 11) is 3.75. The number of halogens is 2. The molecule has 0 saturated carbocycles. The highest BCUT2D eigenvalue weighted by molar-refractivity contribution is 5.79. The van der Waals surface area contributed by atoms with Crippen molar-refractivity contribution >= 4 is 5.97 Å². The van der Waals surface area contributed by atoms with Gasteiger partial charge < -0.3 is 10.0 Å². The molecule has 1 N–H and O–H groups in total. The predicted molar refractivity (Wildman–Crippen MR) is 54.1 cm³/mol. The van der Waals surface area contributed by atoms with Crippen molar-refractivity contribution in [2.24, 2.45) is 0 Å². The molecule has 88 valence electrons. The number of carboxylic acids is 1. The van der Waals surface area contributed by atoms with Crippen molar-refractivity contribution in [3.63, 3.8) is 0 Å². The Hall–Kier alpha value is -0.970. The molecule has 0 aliphatic carbocycles. The minimum atomic E-state index is -3.01. The van der Waals surface area contributed by atoms with E-state index in [4.69, 9.17) is 5.11 Å². The van der Waals surface area contributed by atoms with E-state index < -0.39 is 11.9 Å². The Morgan fingerprint density at radius 3 is 2.47 bits per heavy atom. The van der Waals surface area contributed by atoms with Gasteiger partial charge in [0.05, 0.1) is 0 Å². The highest BCUT2D eigenvalue weighted by Gasteiger charge is 2.24. The minimum absolute atomic E-state index is 0.301. The molecule has 0 spiro atoms. The maximum atomic E-state index is 12.9. The Morgan fingerprint density at radius 2 is 2.00 bits per heavy atom. The highest BCUT2D eigenvalue weighted by atomic mass is 19.3. The van der Waals surface area contributed by atoms with Gasteiger partial charge in [-0.1, -0.05) is 0 Å². The number of nitrogens with zero attached hydrogens (tertiary/aromatic N) is 1. The van der Waals surface area contributed by atoms with Gasteiger partial charge in [0.25, 0.3) is 5.92 Å². The predicted octanol–water partition coefficient (Wildman–Crippen LogP) is 1.99. The summed E-state index contributed by atoms with van der Waals surface area (Å²) in [5, 5.41) is 8.19. The number of carbonyl (C=O) groups is 1. The maximum absolute atomic E-state index is 12.9. The van der Waals surface area contributed by atoms with Gasteiger partial charge in [0.2, 0.25) is 0 Å². The van der Waals surface area contributed by atoms with Crippen LogP contribution in [0, 0.1) is 0 Å². The third-order valence-corrected chi connectivity index (χ3v) is 1.84. The van der Waals surface area contributed by atoms with Gasteiger partial charge in [-0.05, 0) is 39.6 Å². The van der Waals surface area contributed by atoms with E-state index in [9.17, 15) is 13.6 Å². The summed E-state index contributed by atoms with van der Waals surface area (Å²) in [6.45, 7) is 0.763. The van der Waals surface area contributed by atoms with Crippen LogP contribution in [0.1, 0.15) is 19.3 Å². The third-order valence-electron chi connectivity index (χ3n) is 1.84. The summed E-state index contributed by atoms with van der Waals surface area (Å²) in [5.74, 6) is -4.35. The molecule has 15 heavy (non-hydrogen) atoms. The lowest BCUT2D eigenvalue weighted by Gasteiger charge is -2.12. The first kappa shape index (κ1) is 14.0. The van der Waals surface area contributed by atoms with E-state index in [1.54, 1.807) is 0 Å². The molecule has 5 heteroatoms. The Labute approximate surface area is 88.4 Å². The summed E-state index contributed by atoms with van der Waals surface area (Å²) in [4.78, 5) is 12.0. The SMILES string of the molecule is CN(C)CCCCC(F)(F)/C=C/C(=O)O. The van der Waals surface area contributed by atoms with E-state index in [-0.39, 0.29) is 6.42 Å². The average molecular weight is 221 g/mol. The van der Waals surface area contributed by atoms with Crippen LogP contribution >= 0.6 is 0 Å². The molecule has 0 aliphatic heterocycles. The normalized spacial score (nSPS) is 12.6. The molecule has 0 rings (SSSR count). The molecule has 0 radical (unpaired) electrons. The molecule has 0 unspecified atom stereocenters. The summed E-state index contributed by atoms with van der Waals surface area (Å²) in [6.07, 6.45) is 1.71. The van der Waals surface area contributed by atoms with Gasteiger partial charge in [0, 0.05) is 12.5 Å². The molecule has 0 atom stereocenters. The van der Waals surface area contributed by atoms with E-state index >= 15 is 0 Å². The largest absolute Gasteiger partial charge is 0.478 e. The van der Waals surface area contributed by atoms with Crippen LogP contribution < -0.4 is 0 Å². The Morgan fingerprint density at radius 1 is 1.40 bits per heavy atom. The third kappa shape index (κ3) is 9.34. The van der Waals surface area contributed by atoms with Gasteiger partial charge in [-0.2, -0.15) is 0 Å². The molecule has 0 saturated heterocycles. The molecule has 0 aromatic rings. The molecule has 0 bridgehead atoms. The smallest absolute Gasteiger partial charge is 0.328 e. The Kier molecular flexibility index (Phi) is 6.08. The molecule has 0 aromatic heterocycles. The number of aliphatic carboxylic acids is 1. The van der Waals surface area contributed by atoms with Crippen LogP contribution in [0.4, 0.5) is 8.78 Å². The van der Waals surface area contributed by atoms with Crippen LogP contribution in [0.25, 0.3) is 0 Å². The first-order valence-corrected chi connectivity index (χ1v) is 4.78. The first-order valence-electron chi connectivity index (χ1n) is 4.78. The molecule has 3 nitrogen and oxygen atoms in total. The van der Waals surface area contributed by atoms with E-state index in [0.717, 1.165) is 6.54 Å². The number of carboxylic acid groups (broad SMARTS) is 1. The van der Waals surface area contributed by atoms with Gasteiger partial charge >= 0.3 is 5.97 Å². The molecule has 0 fully saturated rings. The molecular formula is C10H17F2NO2. The summed E-state index contributed by atoms with van der Waals surface area (Å²) in [5.41, 5.74) is 0. The first-order chi connectivity index (χ1) is 6.83. The lowest BCUT2D eigenvalue weighted by molar-refractivity contribution is -0.131. The zero-order chi connectivity index (χ0) is 11.9. The van der Waals surface area contributed by atoms with E-state index in [1.165, 1.54) is 0 Å². The van der Waals surface area contributed by atoms with Crippen LogP contribution in [-0.4, -0.2) is 42.5 Å². The zero-order valence-corrected chi connectivity index (χ0v) is 9.04. The van der Waals surface area contributed by atoms with Crippen LogP contribution in [0.15, 0.2) is 12.2 Å². The number of rotatable bonds is 7. The van der Waals surface area contributed by atoms with Gasteiger partial charge in [0.1, 0.15) is 0 Å². The van der Waals surface area contributed by atoms with Crippen LogP contribution in [0.2, 0.25) is 0 Å². The number of hydrogen-bond donors (Lipinski definition) is 1. The second-order valence-electron chi connectivity index (χ2n) is 3.69. The van der Waals surface area contributed by atoms with E-state index in [0.29, 0.717) is 25.0 Å². The molecular weight excluding hydrogens is 204 g/mol. The lowest BCUT2D eigenvalue weighted by atomic mass is 10.1. The van der Waals surface area contributed by atoms with Crippen molar-refractivity contribution in [1.29, 1.82) is 0 Å². The van der Waals surface area contributed by atoms with Gasteiger partial charge in [0.15, 0.2) is 0 Å². The fourth-order valence-electron chi connectivity index (χ4n) is 1.07. The summed E-state index contributed by atoms with van der Waals surface area (Å²) in [6, 6.07) is 0. The quantitative estimate of drug-likeness (QED) is 0.528. The fraction of sp³-hybridized carbons (Fsp3) is 0.700. The molecule has 0 aliphatic rings. The van der Waals surface area contributed by atoms with Crippen molar-refractivity contribution in [3.8, 4) is 0 Å². The van der Waals surface area contributed by atoms with Crippen molar-refractivity contribution in [1.82, 2.24) is 4.90 Å². The van der Waals surface area contributed by atoms with Gasteiger partial charge in [-0.15, -0.1) is 0 Å². The monoisotopic (exact) mass is 221 g/mol. The Bertz CT molecular complexity index is 227. The lowest BCUT2D eigenvalue weighted by Crippen LogP contribution is -2.16. The van der Waals surface area contributed by atoms with Crippen LogP contribution in [0.5, 0.6) is 0 Å². The maximum Gasteiger partial charge on any atom is 0.328 e. The van der Waals surface area contributed by atoms with Crippen LogP contribution in [-0.2, 0) is 4.79 Å². The van der Waals surface area contributed by atoms with Crippen molar-refractivity contribution in [2.75, 3.05) is 20.6 Å². The van der Waals surface area contributed by atoms with E-state index in [2.05, 4.69) is 0 Å². The standard InChI is InChI=1S/C10H17F2NO2/c1-13(2)8-4-3-6-10(11,12)7-5-9(14)15/h5,7H,3-4,6,8H2,1-2H3,(H,14,15)/b7-5+.